The summed E-state index contributed by atoms with van der Waals surface area (Å²) in [6, 6.07) is 8.60. The van der Waals surface area contributed by atoms with Crippen LogP contribution in [-0.4, -0.2) is 51.0 Å². The standard InChI is InChI=1S/C22H26N6O3/c1-13-20(14(2)28(3)27-13)18-11-19(26-25-18)22(30)24-17-9-5-4-8-16(17)21(29)23-12-15-7-6-10-31-15/h4-5,8-9,11,15H,6-7,10,12H2,1-3H3,(H,23,29)(H,24,30)(H,25,26). The summed E-state index contributed by atoms with van der Waals surface area (Å²) in [7, 11) is 1.87. The Labute approximate surface area is 180 Å². The van der Waals surface area contributed by atoms with E-state index in [4.69, 9.17) is 4.74 Å². The number of ether oxygens (including phenoxy) is 1. The van der Waals surface area contributed by atoms with Crippen molar-refractivity contribution in [1.82, 2.24) is 25.3 Å². The first-order valence-corrected chi connectivity index (χ1v) is 10.3. The molecule has 3 aromatic rings. The van der Waals surface area contributed by atoms with Crippen molar-refractivity contribution in [3.05, 3.63) is 53.0 Å². The Morgan fingerprint density at radius 3 is 2.77 bits per heavy atom. The fraction of sp³-hybridized carbons (Fsp3) is 0.364. The van der Waals surface area contributed by atoms with Crippen molar-refractivity contribution in [3.63, 3.8) is 0 Å². The van der Waals surface area contributed by atoms with E-state index in [2.05, 4.69) is 25.9 Å². The van der Waals surface area contributed by atoms with E-state index < -0.39 is 0 Å². The van der Waals surface area contributed by atoms with Crippen LogP contribution in [0.1, 0.15) is 45.1 Å². The zero-order valence-corrected chi connectivity index (χ0v) is 17.9. The number of benzene rings is 1. The molecule has 0 spiro atoms. The third-order valence-electron chi connectivity index (χ3n) is 5.52. The van der Waals surface area contributed by atoms with Gasteiger partial charge in [-0.3, -0.25) is 19.4 Å². The molecule has 1 unspecified atom stereocenters. The number of amides is 2. The Balaban J connectivity index is 1.48. The number of para-hydroxylation sites is 1. The molecule has 9 nitrogen and oxygen atoms in total. The lowest BCUT2D eigenvalue weighted by Gasteiger charge is -2.13. The molecule has 1 aliphatic heterocycles. The van der Waals surface area contributed by atoms with Gasteiger partial charge in [0.25, 0.3) is 11.8 Å². The number of rotatable bonds is 6. The minimum Gasteiger partial charge on any atom is -0.376 e. The molecule has 0 radical (unpaired) electrons. The van der Waals surface area contributed by atoms with Crippen molar-refractivity contribution < 1.29 is 14.3 Å². The number of hydrogen-bond acceptors (Lipinski definition) is 5. The summed E-state index contributed by atoms with van der Waals surface area (Å²) in [6.07, 6.45) is 2.00. The molecule has 0 aliphatic carbocycles. The van der Waals surface area contributed by atoms with Crippen molar-refractivity contribution in [1.29, 1.82) is 0 Å². The van der Waals surface area contributed by atoms with Gasteiger partial charge in [-0.15, -0.1) is 0 Å². The second-order valence-electron chi connectivity index (χ2n) is 7.68. The second kappa shape index (κ2) is 8.73. The van der Waals surface area contributed by atoms with E-state index in [1.54, 1.807) is 35.0 Å². The summed E-state index contributed by atoms with van der Waals surface area (Å²) in [5, 5.41) is 17.2. The number of aryl methyl sites for hydroxylation is 2. The molecule has 2 amide bonds. The summed E-state index contributed by atoms with van der Waals surface area (Å²) >= 11 is 0. The Hall–Kier alpha value is -3.46. The van der Waals surface area contributed by atoms with E-state index in [-0.39, 0.29) is 17.9 Å². The molecular formula is C22H26N6O3. The van der Waals surface area contributed by atoms with Crippen molar-refractivity contribution in [2.24, 2.45) is 7.05 Å². The Kier molecular flexibility index (Phi) is 5.85. The van der Waals surface area contributed by atoms with Gasteiger partial charge in [-0.25, -0.2) is 0 Å². The molecule has 162 valence electrons. The summed E-state index contributed by atoms with van der Waals surface area (Å²) < 4.78 is 7.33. The van der Waals surface area contributed by atoms with Gasteiger partial charge >= 0.3 is 0 Å². The first kappa shape index (κ1) is 20.8. The maximum Gasteiger partial charge on any atom is 0.273 e. The van der Waals surface area contributed by atoms with Crippen molar-refractivity contribution in [3.8, 4) is 11.3 Å². The number of hydrogen-bond donors (Lipinski definition) is 3. The SMILES string of the molecule is Cc1nn(C)c(C)c1-c1cc(C(=O)Nc2ccccc2C(=O)NCC2CCCO2)[nH]n1. The summed E-state index contributed by atoms with van der Waals surface area (Å²) in [5.74, 6) is -0.629. The van der Waals surface area contributed by atoms with E-state index in [1.165, 1.54) is 0 Å². The van der Waals surface area contributed by atoms with Crippen LogP contribution in [0.3, 0.4) is 0 Å². The number of aromatic nitrogens is 4. The Bertz CT molecular complexity index is 1110. The summed E-state index contributed by atoms with van der Waals surface area (Å²) in [5.41, 5.74) is 4.47. The van der Waals surface area contributed by atoms with Crippen LogP contribution < -0.4 is 10.6 Å². The van der Waals surface area contributed by atoms with Crippen LogP contribution in [0.15, 0.2) is 30.3 Å². The highest BCUT2D eigenvalue weighted by molar-refractivity contribution is 6.08. The fourth-order valence-electron chi connectivity index (χ4n) is 3.80. The van der Waals surface area contributed by atoms with Crippen LogP contribution in [-0.2, 0) is 11.8 Å². The topological polar surface area (TPSA) is 114 Å². The molecule has 3 N–H and O–H groups in total. The molecule has 31 heavy (non-hydrogen) atoms. The first-order chi connectivity index (χ1) is 14.9. The number of carbonyl (C=O) groups is 2. The van der Waals surface area contributed by atoms with Crippen molar-refractivity contribution >= 4 is 17.5 Å². The van der Waals surface area contributed by atoms with Gasteiger partial charge in [0.05, 0.1) is 28.7 Å². The third kappa shape index (κ3) is 4.36. The van der Waals surface area contributed by atoms with E-state index in [1.807, 2.05) is 20.9 Å². The first-order valence-electron chi connectivity index (χ1n) is 10.3. The molecule has 1 aromatic carbocycles. The maximum atomic E-state index is 12.8. The second-order valence-corrected chi connectivity index (χ2v) is 7.68. The fourth-order valence-corrected chi connectivity index (χ4v) is 3.80. The molecule has 1 saturated heterocycles. The van der Waals surface area contributed by atoms with Gasteiger partial charge in [0.2, 0.25) is 0 Å². The van der Waals surface area contributed by atoms with Crippen molar-refractivity contribution in [2.75, 3.05) is 18.5 Å². The zero-order chi connectivity index (χ0) is 22.0. The number of anilines is 1. The van der Waals surface area contributed by atoms with Gasteiger partial charge in [-0.05, 0) is 44.9 Å². The highest BCUT2D eigenvalue weighted by Crippen LogP contribution is 2.25. The summed E-state index contributed by atoms with van der Waals surface area (Å²) in [6.45, 7) is 5.05. The molecule has 1 atom stereocenters. The molecular weight excluding hydrogens is 396 g/mol. The van der Waals surface area contributed by atoms with E-state index in [9.17, 15) is 9.59 Å². The van der Waals surface area contributed by atoms with Crippen LogP contribution in [0.4, 0.5) is 5.69 Å². The number of nitrogens with one attached hydrogen (secondary N) is 3. The quantitative estimate of drug-likeness (QED) is 0.565. The van der Waals surface area contributed by atoms with Crippen LogP contribution in [0.2, 0.25) is 0 Å². The number of carbonyl (C=O) groups excluding carboxylic acids is 2. The van der Waals surface area contributed by atoms with E-state index >= 15 is 0 Å². The summed E-state index contributed by atoms with van der Waals surface area (Å²) in [4.78, 5) is 25.5. The minimum atomic E-state index is -0.377. The number of nitrogens with zero attached hydrogens (tertiary/aromatic N) is 3. The van der Waals surface area contributed by atoms with Gasteiger partial charge in [0.1, 0.15) is 5.69 Å². The molecule has 1 aliphatic rings. The highest BCUT2D eigenvalue weighted by atomic mass is 16.5. The number of aromatic amines is 1. The van der Waals surface area contributed by atoms with E-state index in [0.717, 1.165) is 36.4 Å². The molecule has 3 heterocycles. The lowest BCUT2D eigenvalue weighted by atomic mass is 10.1. The average Bonchev–Trinajstić information content (AvgIpc) is 3.49. The predicted octanol–water partition coefficient (Wildman–Crippen LogP) is 2.59. The lowest BCUT2D eigenvalue weighted by molar-refractivity contribution is 0.0858. The Morgan fingerprint density at radius 1 is 1.26 bits per heavy atom. The lowest BCUT2D eigenvalue weighted by Crippen LogP contribution is -2.32. The van der Waals surface area contributed by atoms with Crippen LogP contribution in [0, 0.1) is 13.8 Å². The molecule has 9 heteroatoms. The van der Waals surface area contributed by atoms with Gasteiger partial charge in [-0.1, -0.05) is 12.1 Å². The molecule has 0 bridgehead atoms. The molecule has 1 fully saturated rings. The smallest absolute Gasteiger partial charge is 0.273 e. The molecule has 4 rings (SSSR count). The molecule has 2 aromatic heterocycles. The van der Waals surface area contributed by atoms with Crippen molar-refractivity contribution in [2.45, 2.75) is 32.8 Å². The zero-order valence-electron chi connectivity index (χ0n) is 17.9. The predicted molar refractivity (Wildman–Crippen MR) is 116 cm³/mol. The van der Waals surface area contributed by atoms with Gasteiger partial charge in [0.15, 0.2) is 0 Å². The third-order valence-corrected chi connectivity index (χ3v) is 5.52. The van der Waals surface area contributed by atoms with Crippen LogP contribution >= 0.6 is 0 Å². The Morgan fingerprint density at radius 2 is 2.06 bits per heavy atom. The minimum absolute atomic E-state index is 0.0495. The van der Waals surface area contributed by atoms with Crippen LogP contribution in [0.5, 0.6) is 0 Å². The maximum absolute atomic E-state index is 12.8. The van der Waals surface area contributed by atoms with E-state index in [0.29, 0.717) is 29.2 Å². The normalized spacial score (nSPS) is 15.8. The largest absolute Gasteiger partial charge is 0.376 e. The highest BCUT2D eigenvalue weighted by Gasteiger charge is 2.20. The van der Waals surface area contributed by atoms with Crippen LogP contribution in [0.25, 0.3) is 11.3 Å². The average molecular weight is 422 g/mol. The number of H-pyrrole nitrogens is 1. The monoisotopic (exact) mass is 422 g/mol. The van der Waals surface area contributed by atoms with Gasteiger partial charge in [0, 0.05) is 31.5 Å². The van der Waals surface area contributed by atoms with Gasteiger partial charge < -0.3 is 15.4 Å². The molecule has 0 saturated carbocycles. The van der Waals surface area contributed by atoms with Gasteiger partial charge in [-0.2, -0.15) is 10.2 Å².